The molecule has 1 saturated heterocycles. The second-order valence-electron chi connectivity index (χ2n) is 11.8. The monoisotopic (exact) mass is 831 g/mol. The molecule has 55 heavy (non-hydrogen) atoms. The molecule has 0 saturated carbocycles. The van der Waals surface area contributed by atoms with Crippen LogP contribution in [0, 0.1) is 6.92 Å². The molecule has 0 unspecified atom stereocenters. The molecule has 2 aromatic rings. The van der Waals surface area contributed by atoms with E-state index in [4.69, 9.17) is 31.3 Å². The zero-order valence-corrected chi connectivity index (χ0v) is 31.3. The van der Waals surface area contributed by atoms with E-state index in [0.29, 0.717) is 38.9 Å². The fourth-order valence-electron chi connectivity index (χ4n) is 4.30. The first-order chi connectivity index (χ1) is 25.4. The summed E-state index contributed by atoms with van der Waals surface area (Å²) in [7, 11) is -0.859. The number of aliphatic imine (C=N–C) groups is 1. The minimum atomic E-state index is -5.08. The molecular weight excluding hydrogens is 789 g/mol. The van der Waals surface area contributed by atoms with E-state index in [1.807, 2.05) is 44.3 Å². The number of amides is 3. The second-order valence-corrected chi connectivity index (χ2v) is 15.8. The van der Waals surface area contributed by atoms with Crippen molar-refractivity contribution in [2.75, 3.05) is 45.5 Å². The largest absolute Gasteiger partial charge is 0.490 e. The van der Waals surface area contributed by atoms with Gasteiger partial charge < -0.3 is 42.1 Å². The highest BCUT2D eigenvalue weighted by Crippen LogP contribution is 2.25. The minimum absolute atomic E-state index is 0.0311. The maximum Gasteiger partial charge on any atom is 0.490 e. The van der Waals surface area contributed by atoms with Gasteiger partial charge >= 0.3 is 30.3 Å². The molecule has 0 aromatic heterocycles. The lowest BCUT2D eigenvalue weighted by atomic mass is 10.0. The first kappa shape index (κ1) is 48.2. The number of carbonyl (C=O) groups is 4. The summed E-state index contributed by atoms with van der Waals surface area (Å²) in [5, 5.41) is 20.2. The summed E-state index contributed by atoms with van der Waals surface area (Å²) in [4.78, 5) is 52.6. The van der Waals surface area contributed by atoms with Gasteiger partial charge in [-0.1, -0.05) is 48.0 Å². The average molecular weight is 832 g/mol. The van der Waals surface area contributed by atoms with Gasteiger partial charge in [-0.3, -0.25) is 9.79 Å². The van der Waals surface area contributed by atoms with Crippen molar-refractivity contribution in [2.24, 2.45) is 16.5 Å². The van der Waals surface area contributed by atoms with Gasteiger partial charge in [-0.25, -0.2) is 22.8 Å². The third-order valence-corrected chi connectivity index (χ3v) is 10.9. The van der Waals surface area contributed by atoms with E-state index in [2.05, 4.69) is 20.5 Å². The Morgan fingerprint density at radius 3 is 1.85 bits per heavy atom. The van der Waals surface area contributed by atoms with Crippen LogP contribution in [0.1, 0.15) is 24.0 Å². The highest BCUT2D eigenvalue weighted by Gasteiger charge is 2.39. The summed E-state index contributed by atoms with van der Waals surface area (Å²) in [5.74, 6) is -5.80. The number of rotatable bonds is 13. The van der Waals surface area contributed by atoms with E-state index in [9.17, 15) is 44.3 Å². The van der Waals surface area contributed by atoms with Gasteiger partial charge in [0, 0.05) is 50.9 Å². The molecule has 2 aromatic carbocycles. The summed E-state index contributed by atoms with van der Waals surface area (Å²) >= 11 is 0. The number of carbonyl (C=O) groups excluding carboxylic acids is 2. The number of likely N-dealkylation sites (N-methyl/N-ethyl adjacent to an activating group) is 1. The Kier molecular flexibility index (Phi) is 19.8. The van der Waals surface area contributed by atoms with Crippen molar-refractivity contribution >= 4 is 49.5 Å². The zero-order chi connectivity index (χ0) is 42.0. The molecule has 23 heteroatoms. The van der Waals surface area contributed by atoms with Gasteiger partial charge in [0.15, 0.2) is 5.96 Å². The number of alkyl halides is 6. The number of piperazine rings is 1. The Morgan fingerprint density at radius 2 is 1.38 bits per heavy atom. The number of carboxylic acids is 2. The van der Waals surface area contributed by atoms with Gasteiger partial charge in [0.1, 0.15) is 6.04 Å². The Morgan fingerprint density at radius 1 is 0.873 bits per heavy atom. The second kappa shape index (κ2) is 22.6. The van der Waals surface area contributed by atoms with Crippen LogP contribution in [0.15, 0.2) is 64.5 Å². The van der Waals surface area contributed by atoms with Crippen molar-refractivity contribution < 1.29 is 64.2 Å². The molecule has 1 fully saturated rings. The van der Waals surface area contributed by atoms with Gasteiger partial charge in [-0.05, 0) is 55.3 Å². The Bertz CT molecular complexity index is 1650. The number of carboxylic acid groups (broad SMARTS) is 2. The molecule has 2 atom stereocenters. The van der Waals surface area contributed by atoms with Crippen molar-refractivity contribution in [1.82, 2.24) is 20.4 Å². The molecule has 1 aliphatic heterocycles. The molecule has 308 valence electrons. The lowest BCUT2D eigenvalue weighted by molar-refractivity contribution is -0.193. The van der Waals surface area contributed by atoms with Crippen LogP contribution in [-0.2, 0) is 29.7 Å². The number of benzene rings is 2. The lowest BCUT2D eigenvalue weighted by Crippen LogP contribution is -2.57. The van der Waals surface area contributed by atoms with Crippen LogP contribution < -0.4 is 22.1 Å². The van der Waals surface area contributed by atoms with Crippen molar-refractivity contribution in [1.29, 1.82) is 0 Å². The third kappa shape index (κ3) is 19.9. The third-order valence-electron chi connectivity index (χ3n) is 7.26. The highest BCUT2D eigenvalue weighted by atomic mass is 33.1. The van der Waals surface area contributed by atoms with Crippen molar-refractivity contribution in [3.8, 4) is 0 Å². The quantitative estimate of drug-likeness (QED) is 0.0562. The number of guanidine groups is 1. The number of nitrogens with one attached hydrogen (secondary N) is 2. The molecule has 3 rings (SSSR count). The van der Waals surface area contributed by atoms with Crippen molar-refractivity contribution in [2.45, 2.75) is 55.5 Å². The molecule has 0 radical (unpaired) electrons. The van der Waals surface area contributed by atoms with E-state index in [0.717, 1.165) is 35.0 Å². The van der Waals surface area contributed by atoms with Gasteiger partial charge in [0.2, 0.25) is 14.8 Å². The molecular formula is C32H43F6N7O8S2. The summed E-state index contributed by atoms with van der Waals surface area (Å²) in [6.07, 6.45) is -8.89. The van der Waals surface area contributed by atoms with Crippen LogP contribution in [0.5, 0.6) is 0 Å². The maximum absolute atomic E-state index is 13.6. The topological polar surface area (TPSA) is 238 Å². The van der Waals surface area contributed by atoms with Gasteiger partial charge in [-0.15, -0.1) is 0 Å². The number of hydrogen-bond acceptors (Lipinski definition) is 9. The maximum atomic E-state index is 13.6. The van der Waals surface area contributed by atoms with Crippen molar-refractivity contribution in [3.63, 3.8) is 0 Å². The Balaban J connectivity index is 0.000000913. The van der Waals surface area contributed by atoms with Gasteiger partial charge in [-0.2, -0.15) is 26.3 Å². The molecule has 0 spiro atoms. The van der Waals surface area contributed by atoms with E-state index >= 15 is 0 Å². The van der Waals surface area contributed by atoms with Crippen molar-refractivity contribution in [3.05, 3.63) is 65.7 Å². The average Bonchev–Trinajstić information content (AvgIpc) is 3.09. The SMILES string of the molecule is Cc1ccc(S(=O)(=O)SC[C@H](CCCN=C(N)N)NC(=O)[C@H](Cc2ccccc2)NC(=O)N2CCN(C)CC2)cc1.O=C(O)C(F)(F)F.O=C(O)C(F)(F)F. The fourth-order valence-corrected chi connectivity index (χ4v) is 7.27. The van der Waals surface area contributed by atoms with Crippen LogP contribution in [0.25, 0.3) is 0 Å². The number of hydrogen-bond donors (Lipinski definition) is 6. The van der Waals surface area contributed by atoms with Crippen LogP contribution in [-0.4, -0.2) is 128 Å². The smallest absolute Gasteiger partial charge is 0.475 e. The predicted molar refractivity (Wildman–Crippen MR) is 192 cm³/mol. The standard InChI is InChI=1S/C28H41N7O4S2.2C2HF3O2/c1-21-10-12-24(13-11-21)41(38,39)40-20-23(9-6-14-31-27(29)30)32-26(36)25(19-22-7-4-3-5-8-22)33-28(37)35-17-15-34(2)16-18-35;2*3-2(4,5)1(6)7/h3-5,7-8,10-13,23,25H,6,9,14-20H2,1-2H3,(H,32,36)(H,33,37)(H4,29,30,31);2*(H,6,7)/t23-,25-;;/m0../s1. The molecule has 15 nitrogen and oxygen atoms in total. The first-order valence-electron chi connectivity index (χ1n) is 16.1. The summed E-state index contributed by atoms with van der Waals surface area (Å²) in [6, 6.07) is 14.5. The number of aryl methyl sites for hydroxylation is 1. The van der Waals surface area contributed by atoms with E-state index < -0.39 is 45.2 Å². The first-order valence-corrected chi connectivity index (χ1v) is 19.1. The van der Waals surface area contributed by atoms with Crippen LogP contribution in [0.2, 0.25) is 0 Å². The molecule has 0 aliphatic carbocycles. The molecule has 3 amide bonds. The summed E-state index contributed by atoms with van der Waals surface area (Å²) in [5.41, 5.74) is 12.7. The van der Waals surface area contributed by atoms with Gasteiger partial charge in [0.25, 0.3) is 0 Å². The number of urea groups is 1. The predicted octanol–water partition coefficient (Wildman–Crippen LogP) is 2.79. The van der Waals surface area contributed by atoms with Crippen LogP contribution in [0.3, 0.4) is 0 Å². The zero-order valence-electron chi connectivity index (χ0n) is 29.6. The Hall–Kier alpha value is -4.77. The van der Waals surface area contributed by atoms with Crippen LogP contribution >= 0.6 is 10.8 Å². The summed E-state index contributed by atoms with van der Waals surface area (Å²) in [6.45, 7) is 4.89. The molecule has 8 N–H and O–H groups in total. The number of nitrogens with two attached hydrogens (primary N) is 2. The normalized spacial score (nSPS) is 14.4. The molecule has 1 heterocycles. The van der Waals surface area contributed by atoms with Gasteiger partial charge in [0.05, 0.1) is 4.90 Å². The number of nitrogens with zero attached hydrogens (tertiary/aromatic N) is 3. The molecule has 1 aliphatic rings. The van der Waals surface area contributed by atoms with Crippen LogP contribution in [0.4, 0.5) is 31.1 Å². The summed E-state index contributed by atoms with van der Waals surface area (Å²) < 4.78 is 89.5. The van der Waals surface area contributed by atoms with E-state index in [-0.39, 0.29) is 28.5 Å². The lowest BCUT2D eigenvalue weighted by Gasteiger charge is -2.33. The minimum Gasteiger partial charge on any atom is -0.475 e. The van der Waals surface area contributed by atoms with E-state index in [1.54, 1.807) is 29.2 Å². The Labute approximate surface area is 316 Å². The molecule has 0 bridgehead atoms. The van der Waals surface area contributed by atoms with E-state index in [1.165, 1.54) is 0 Å². The highest BCUT2D eigenvalue weighted by molar-refractivity contribution is 8.72. The number of halogens is 6. The fraction of sp³-hybridized carbons (Fsp3) is 0.469. The number of aliphatic carboxylic acids is 2.